The minimum atomic E-state index is 0. The highest BCUT2D eigenvalue weighted by atomic mass is 35.5. The van der Waals surface area contributed by atoms with Crippen molar-refractivity contribution in [2.75, 3.05) is 19.6 Å². The molecule has 0 saturated carbocycles. The topological polar surface area (TPSA) is 72.1 Å². The molecule has 0 spiro atoms. The van der Waals surface area contributed by atoms with Crippen LogP contribution in [0.25, 0.3) is 0 Å². The summed E-state index contributed by atoms with van der Waals surface area (Å²) in [5, 5.41) is 0. The van der Waals surface area contributed by atoms with Crippen LogP contribution in [0.15, 0.2) is 6.20 Å². The molecule has 6 heteroatoms. The average molecular weight is 313 g/mol. The van der Waals surface area contributed by atoms with Gasteiger partial charge >= 0.3 is 0 Å². The molecule has 1 amide bonds. The van der Waals surface area contributed by atoms with Crippen LogP contribution >= 0.6 is 12.4 Å². The summed E-state index contributed by atoms with van der Waals surface area (Å²) in [4.78, 5) is 23.2. The van der Waals surface area contributed by atoms with E-state index in [4.69, 9.17) is 5.73 Å². The van der Waals surface area contributed by atoms with Crippen molar-refractivity contribution in [2.45, 2.75) is 40.0 Å². The summed E-state index contributed by atoms with van der Waals surface area (Å²) in [6.45, 7) is 10.2. The quantitative estimate of drug-likeness (QED) is 0.928. The number of hydrogen-bond donors (Lipinski definition) is 1. The smallest absolute Gasteiger partial charge is 0.257 e. The van der Waals surface area contributed by atoms with E-state index in [0.717, 1.165) is 18.7 Å². The maximum atomic E-state index is 12.7. The molecule has 0 bridgehead atoms. The van der Waals surface area contributed by atoms with E-state index in [1.165, 1.54) is 0 Å². The van der Waals surface area contributed by atoms with E-state index in [9.17, 15) is 4.79 Å². The van der Waals surface area contributed by atoms with Gasteiger partial charge in [0.2, 0.25) is 0 Å². The molecule has 5 nitrogen and oxygen atoms in total. The predicted molar refractivity (Wildman–Crippen MR) is 85.8 cm³/mol. The fraction of sp³-hybridized carbons (Fsp3) is 0.667. The monoisotopic (exact) mass is 312 g/mol. The van der Waals surface area contributed by atoms with Crippen LogP contribution in [0.1, 0.15) is 55.0 Å². The zero-order valence-corrected chi connectivity index (χ0v) is 14.0. The number of halogens is 1. The first-order valence-corrected chi connectivity index (χ1v) is 7.19. The molecule has 1 aromatic heterocycles. The Bertz CT molecular complexity index is 520. The molecule has 0 aromatic carbocycles. The number of carbonyl (C=O) groups is 1. The number of aryl methyl sites for hydroxylation is 1. The van der Waals surface area contributed by atoms with E-state index < -0.39 is 0 Å². The minimum Gasteiger partial charge on any atom is -0.338 e. The number of aromatic nitrogens is 2. The molecule has 0 aliphatic carbocycles. The Hall–Kier alpha value is -1.20. The molecule has 1 unspecified atom stereocenters. The fourth-order valence-electron chi connectivity index (χ4n) is 2.63. The number of likely N-dealkylation sites (tertiary alicyclic amines) is 1. The lowest BCUT2D eigenvalue weighted by atomic mass is 9.90. The van der Waals surface area contributed by atoms with Crippen LogP contribution in [-0.2, 0) is 0 Å². The predicted octanol–water partition coefficient (Wildman–Crippen LogP) is 2.14. The third-order valence-corrected chi connectivity index (χ3v) is 4.05. The maximum Gasteiger partial charge on any atom is 0.257 e. The Morgan fingerprint density at radius 3 is 2.71 bits per heavy atom. The summed E-state index contributed by atoms with van der Waals surface area (Å²) in [6, 6.07) is 0. The van der Waals surface area contributed by atoms with Crippen LogP contribution < -0.4 is 5.73 Å². The Balaban J connectivity index is 0.00000220. The minimum absolute atomic E-state index is 0. The lowest BCUT2D eigenvalue weighted by Gasteiger charge is -2.23. The Labute approximate surface area is 132 Å². The number of nitrogens with two attached hydrogens (primary N) is 1. The molecule has 0 radical (unpaired) electrons. The van der Waals surface area contributed by atoms with Crippen molar-refractivity contribution in [3.05, 3.63) is 23.3 Å². The van der Waals surface area contributed by atoms with Gasteiger partial charge in [-0.2, -0.15) is 0 Å². The molecule has 118 valence electrons. The zero-order chi connectivity index (χ0) is 14.9. The average Bonchev–Trinajstić information content (AvgIpc) is 2.81. The number of amides is 1. The van der Waals surface area contributed by atoms with Gasteiger partial charge in [0.15, 0.2) is 0 Å². The standard InChI is InChI=1S/C15H24N4O.ClH/c1-10(2)13-12(7-17-11(3)18-13)14(20)19-6-5-15(4,8-16)9-19;/h7,10H,5-6,8-9,16H2,1-4H3;1H. The lowest BCUT2D eigenvalue weighted by molar-refractivity contribution is 0.0774. The molecule has 2 heterocycles. The van der Waals surface area contributed by atoms with Crippen LogP contribution in [0.4, 0.5) is 0 Å². The maximum absolute atomic E-state index is 12.7. The highest BCUT2D eigenvalue weighted by Crippen LogP contribution is 2.30. The Morgan fingerprint density at radius 1 is 1.52 bits per heavy atom. The van der Waals surface area contributed by atoms with E-state index in [0.29, 0.717) is 24.5 Å². The third kappa shape index (κ3) is 3.71. The molecule has 1 fully saturated rings. The van der Waals surface area contributed by atoms with Gasteiger partial charge in [0.25, 0.3) is 5.91 Å². The van der Waals surface area contributed by atoms with E-state index in [1.54, 1.807) is 6.20 Å². The number of nitrogens with zero attached hydrogens (tertiary/aromatic N) is 3. The van der Waals surface area contributed by atoms with Crippen LogP contribution in [0, 0.1) is 12.3 Å². The molecule has 1 aliphatic rings. The van der Waals surface area contributed by atoms with Crippen molar-refractivity contribution in [2.24, 2.45) is 11.1 Å². The molecule has 2 N–H and O–H groups in total. The number of hydrogen-bond acceptors (Lipinski definition) is 4. The summed E-state index contributed by atoms with van der Waals surface area (Å²) in [7, 11) is 0. The lowest BCUT2D eigenvalue weighted by Crippen LogP contribution is -2.35. The largest absolute Gasteiger partial charge is 0.338 e. The highest BCUT2D eigenvalue weighted by molar-refractivity contribution is 5.95. The number of rotatable bonds is 3. The second-order valence-corrected chi connectivity index (χ2v) is 6.36. The zero-order valence-electron chi connectivity index (χ0n) is 13.2. The van der Waals surface area contributed by atoms with Gasteiger partial charge < -0.3 is 10.6 Å². The Morgan fingerprint density at radius 2 is 2.19 bits per heavy atom. The van der Waals surface area contributed by atoms with Crippen LogP contribution in [0.2, 0.25) is 0 Å². The first kappa shape index (κ1) is 17.9. The van der Waals surface area contributed by atoms with Gasteiger partial charge in [0.1, 0.15) is 5.82 Å². The number of carbonyl (C=O) groups excluding carboxylic acids is 1. The summed E-state index contributed by atoms with van der Waals surface area (Å²) < 4.78 is 0. The first-order valence-electron chi connectivity index (χ1n) is 7.19. The van der Waals surface area contributed by atoms with Crippen molar-refractivity contribution >= 4 is 18.3 Å². The van der Waals surface area contributed by atoms with Crippen molar-refractivity contribution in [1.82, 2.24) is 14.9 Å². The molecule has 1 aliphatic heterocycles. The van der Waals surface area contributed by atoms with E-state index in [2.05, 4.69) is 16.9 Å². The molecular weight excluding hydrogens is 288 g/mol. The van der Waals surface area contributed by atoms with Crippen molar-refractivity contribution in [3.8, 4) is 0 Å². The Kier molecular flexibility index (Phi) is 5.70. The molecule has 1 atom stereocenters. The molecule has 1 aromatic rings. The van der Waals surface area contributed by atoms with E-state index in [1.807, 2.05) is 25.7 Å². The van der Waals surface area contributed by atoms with Crippen LogP contribution in [0.5, 0.6) is 0 Å². The van der Waals surface area contributed by atoms with E-state index >= 15 is 0 Å². The second kappa shape index (κ2) is 6.71. The van der Waals surface area contributed by atoms with Crippen molar-refractivity contribution in [3.63, 3.8) is 0 Å². The molecule has 1 saturated heterocycles. The van der Waals surface area contributed by atoms with Crippen LogP contribution in [0.3, 0.4) is 0 Å². The summed E-state index contributed by atoms with van der Waals surface area (Å²) in [5.41, 5.74) is 7.31. The van der Waals surface area contributed by atoms with Crippen LogP contribution in [-0.4, -0.2) is 40.4 Å². The van der Waals surface area contributed by atoms with E-state index in [-0.39, 0.29) is 29.6 Å². The molecule has 2 rings (SSSR count). The first-order chi connectivity index (χ1) is 9.36. The van der Waals surface area contributed by atoms with Gasteiger partial charge in [0.05, 0.1) is 11.3 Å². The highest BCUT2D eigenvalue weighted by Gasteiger charge is 2.36. The summed E-state index contributed by atoms with van der Waals surface area (Å²) in [6.07, 6.45) is 2.62. The molecule has 21 heavy (non-hydrogen) atoms. The van der Waals surface area contributed by atoms with Crippen molar-refractivity contribution in [1.29, 1.82) is 0 Å². The van der Waals surface area contributed by atoms with Gasteiger partial charge in [0, 0.05) is 19.3 Å². The van der Waals surface area contributed by atoms with Crippen molar-refractivity contribution < 1.29 is 4.79 Å². The van der Waals surface area contributed by atoms with Gasteiger partial charge in [-0.05, 0) is 31.2 Å². The van der Waals surface area contributed by atoms with Gasteiger partial charge in [-0.25, -0.2) is 9.97 Å². The second-order valence-electron chi connectivity index (χ2n) is 6.36. The summed E-state index contributed by atoms with van der Waals surface area (Å²) in [5.74, 6) is 0.948. The normalized spacial score (nSPS) is 21.5. The van der Waals surface area contributed by atoms with Gasteiger partial charge in [-0.1, -0.05) is 20.8 Å². The van der Waals surface area contributed by atoms with Gasteiger partial charge in [-0.3, -0.25) is 4.79 Å². The molecular formula is C15H25ClN4O. The summed E-state index contributed by atoms with van der Waals surface area (Å²) >= 11 is 0. The fourth-order valence-corrected chi connectivity index (χ4v) is 2.63. The SMILES string of the molecule is Cc1ncc(C(=O)N2CCC(C)(CN)C2)c(C(C)C)n1.Cl. The van der Waals surface area contributed by atoms with Gasteiger partial charge in [-0.15, -0.1) is 12.4 Å². The third-order valence-electron chi connectivity index (χ3n) is 4.05.